The molecule has 146 valence electrons. The summed E-state index contributed by atoms with van der Waals surface area (Å²) in [5.41, 5.74) is -0.220. The highest BCUT2D eigenvalue weighted by atomic mass is 79.9. The van der Waals surface area contributed by atoms with E-state index in [9.17, 15) is 13.6 Å². The van der Waals surface area contributed by atoms with Crippen molar-refractivity contribution in [2.45, 2.75) is 6.54 Å². The lowest BCUT2D eigenvalue weighted by atomic mass is 10.2. The second kappa shape index (κ2) is 7.96. The quantitative estimate of drug-likeness (QED) is 0.447. The van der Waals surface area contributed by atoms with Gasteiger partial charge in [-0.05, 0) is 52.3 Å². The number of hydrogen-bond acceptors (Lipinski definition) is 4. The van der Waals surface area contributed by atoms with Crippen LogP contribution in [0, 0.1) is 11.6 Å². The molecule has 0 fully saturated rings. The zero-order valence-corrected chi connectivity index (χ0v) is 16.4. The summed E-state index contributed by atoms with van der Waals surface area (Å²) >= 11 is 3.36. The third kappa shape index (κ3) is 3.95. The molecule has 0 aliphatic rings. The van der Waals surface area contributed by atoms with Crippen LogP contribution in [0.15, 0.2) is 76.5 Å². The van der Waals surface area contributed by atoms with Crippen LogP contribution in [-0.4, -0.2) is 19.3 Å². The molecule has 2 aromatic heterocycles. The first-order valence-corrected chi connectivity index (χ1v) is 9.27. The van der Waals surface area contributed by atoms with Crippen molar-refractivity contribution < 1.29 is 13.5 Å². The number of ether oxygens (including phenoxy) is 1. The Balaban J connectivity index is 1.57. The lowest BCUT2D eigenvalue weighted by Gasteiger charge is -2.08. The number of aromatic nitrogens is 4. The molecule has 0 radical (unpaired) electrons. The first-order valence-electron chi connectivity index (χ1n) is 8.48. The van der Waals surface area contributed by atoms with Gasteiger partial charge in [0.25, 0.3) is 0 Å². The molecule has 9 heteroatoms. The summed E-state index contributed by atoms with van der Waals surface area (Å²) in [4.78, 5) is 16.6. The van der Waals surface area contributed by atoms with Crippen molar-refractivity contribution in [1.29, 1.82) is 0 Å². The Bertz CT molecular complexity index is 1200. The minimum absolute atomic E-state index is 0.194. The van der Waals surface area contributed by atoms with Gasteiger partial charge in [0.2, 0.25) is 0 Å². The predicted octanol–water partition coefficient (Wildman–Crippen LogP) is 4.31. The van der Waals surface area contributed by atoms with Crippen LogP contribution in [0.3, 0.4) is 0 Å². The molecule has 0 unspecified atom stereocenters. The van der Waals surface area contributed by atoms with Crippen molar-refractivity contribution in [2.24, 2.45) is 0 Å². The Kier molecular flexibility index (Phi) is 5.22. The molecule has 0 atom stereocenters. The van der Waals surface area contributed by atoms with E-state index in [2.05, 4.69) is 26.0 Å². The molecule has 0 amide bonds. The maximum absolute atomic E-state index is 13.8. The maximum Gasteiger partial charge on any atom is 0.350 e. The van der Waals surface area contributed by atoms with Crippen LogP contribution >= 0.6 is 15.9 Å². The molecular weight excluding hydrogens is 446 g/mol. The average Bonchev–Trinajstić information content (AvgIpc) is 3.07. The van der Waals surface area contributed by atoms with Crippen molar-refractivity contribution in [3.63, 3.8) is 0 Å². The van der Waals surface area contributed by atoms with Gasteiger partial charge in [-0.2, -0.15) is 9.78 Å². The van der Waals surface area contributed by atoms with E-state index in [4.69, 9.17) is 4.74 Å². The van der Waals surface area contributed by atoms with E-state index in [1.54, 1.807) is 42.7 Å². The largest absolute Gasteiger partial charge is 0.456 e. The molecule has 2 heterocycles. The SMILES string of the molecule is O=c1n(Cc2c(F)cccc2F)cnn1-c1ccc(Oc2ccncc2Br)cc1. The molecule has 0 saturated heterocycles. The molecule has 0 saturated carbocycles. The number of nitrogens with zero attached hydrogens (tertiary/aromatic N) is 4. The number of pyridine rings is 1. The fraction of sp³-hybridized carbons (Fsp3) is 0.0500. The Labute approximate surface area is 172 Å². The van der Waals surface area contributed by atoms with E-state index in [0.717, 1.165) is 21.4 Å². The minimum atomic E-state index is -0.714. The molecule has 4 rings (SSSR count). The molecule has 0 N–H and O–H groups in total. The minimum Gasteiger partial charge on any atom is -0.456 e. The van der Waals surface area contributed by atoms with Crippen molar-refractivity contribution in [3.8, 4) is 17.2 Å². The molecule has 29 heavy (non-hydrogen) atoms. The lowest BCUT2D eigenvalue weighted by molar-refractivity contribution is 0.478. The fourth-order valence-corrected chi connectivity index (χ4v) is 3.03. The molecule has 6 nitrogen and oxygen atoms in total. The van der Waals surface area contributed by atoms with E-state index in [-0.39, 0.29) is 12.1 Å². The first kappa shape index (κ1) is 19.0. The molecule has 0 aliphatic carbocycles. The van der Waals surface area contributed by atoms with Crippen LogP contribution in [0.25, 0.3) is 5.69 Å². The monoisotopic (exact) mass is 458 g/mol. The van der Waals surface area contributed by atoms with Crippen molar-refractivity contribution in [2.75, 3.05) is 0 Å². The number of halogens is 3. The number of rotatable bonds is 5. The fourth-order valence-electron chi connectivity index (χ4n) is 2.70. The van der Waals surface area contributed by atoms with E-state index < -0.39 is 17.3 Å². The second-order valence-corrected chi connectivity index (χ2v) is 6.91. The van der Waals surface area contributed by atoms with Gasteiger partial charge in [-0.15, -0.1) is 0 Å². The first-order chi connectivity index (χ1) is 14.0. The summed E-state index contributed by atoms with van der Waals surface area (Å²) < 4.78 is 36.4. The highest BCUT2D eigenvalue weighted by Crippen LogP contribution is 2.28. The lowest BCUT2D eigenvalue weighted by Crippen LogP contribution is -2.24. The average molecular weight is 459 g/mol. The standard InChI is InChI=1S/C20H13BrF2N4O2/c21-16-10-24-9-8-19(16)29-14-6-4-13(5-7-14)27-20(28)26(12-25-27)11-15-17(22)2-1-3-18(15)23/h1-10,12H,11H2. The van der Waals surface area contributed by atoms with Crippen molar-refractivity contribution >= 4 is 15.9 Å². The van der Waals surface area contributed by atoms with E-state index in [1.807, 2.05) is 0 Å². The van der Waals surface area contributed by atoms with E-state index in [1.165, 1.54) is 12.4 Å². The number of benzene rings is 2. The van der Waals surface area contributed by atoms with Gasteiger partial charge in [0.1, 0.15) is 29.5 Å². The molecule has 0 aliphatic heterocycles. The molecule has 4 aromatic rings. The summed E-state index contributed by atoms with van der Waals surface area (Å²) in [7, 11) is 0. The predicted molar refractivity (Wildman–Crippen MR) is 105 cm³/mol. The molecule has 2 aromatic carbocycles. The van der Waals surface area contributed by atoms with Crippen LogP contribution in [-0.2, 0) is 6.54 Å². The van der Waals surface area contributed by atoms with Crippen molar-refractivity contribution in [3.05, 3.63) is 99.4 Å². The van der Waals surface area contributed by atoms with Gasteiger partial charge >= 0.3 is 5.69 Å². The van der Waals surface area contributed by atoms with E-state index >= 15 is 0 Å². The van der Waals surface area contributed by atoms with Gasteiger partial charge in [-0.25, -0.2) is 13.6 Å². The number of hydrogen-bond donors (Lipinski definition) is 0. The zero-order valence-electron chi connectivity index (χ0n) is 14.8. The molecular formula is C20H13BrF2N4O2. The van der Waals surface area contributed by atoms with Crippen LogP contribution in [0.5, 0.6) is 11.5 Å². The van der Waals surface area contributed by atoms with Crippen LogP contribution in [0.2, 0.25) is 0 Å². The van der Waals surface area contributed by atoms with E-state index in [0.29, 0.717) is 21.7 Å². The van der Waals surface area contributed by atoms with Crippen LogP contribution in [0.1, 0.15) is 5.56 Å². The summed E-state index contributed by atoms with van der Waals surface area (Å²) in [5.74, 6) is -0.274. The van der Waals surface area contributed by atoms with Gasteiger partial charge < -0.3 is 4.74 Å². The summed E-state index contributed by atoms with van der Waals surface area (Å²) in [6.07, 6.45) is 4.47. The third-order valence-corrected chi connectivity index (χ3v) is 4.76. The highest BCUT2D eigenvalue weighted by Gasteiger charge is 2.13. The molecule has 0 bridgehead atoms. The Morgan fingerprint density at radius 3 is 2.45 bits per heavy atom. The van der Waals surface area contributed by atoms with Crippen molar-refractivity contribution in [1.82, 2.24) is 19.3 Å². The highest BCUT2D eigenvalue weighted by molar-refractivity contribution is 9.10. The van der Waals surface area contributed by atoms with Gasteiger partial charge in [-0.3, -0.25) is 9.55 Å². The summed E-state index contributed by atoms with van der Waals surface area (Å²) in [6, 6.07) is 12.0. The maximum atomic E-state index is 13.8. The van der Waals surface area contributed by atoms with Gasteiger partial charge in [0.15, 0.2) is 0 Å². The van der Waals surface area contributed by atoms with Gasteiger partial charge in [0, 0.05) is 24.0 Å². The van der Waals surface area contributed by atoms with Crippen LogP contribution in [0.4, 0.5) is 8.78 Å². The third-order valence-electron chi connectivity index (χ3n) is 4.17. The molecule has 0 spiro atoms. The smallest absolute Gasteiger partial charge is 0.350 e. The normalized spacial score (nSPS) is 10.9. The second-order valence-electron chi connectivity index (χ2n) is 6.06. The summed E-state index contributed by atoms with van der Waals surface area (Å²) in [5, 5.41) is 4.03. The van der Waals surface area contributed by atoms with Gasteiger partial charge in [-0.1, -0.05) is 6.07 Å². The van der Waals surface area contributed by atoms with Crippen LogP contribution < -0.4 is 10.4 Å². The topological polar surface area (TPSA) is 61.9 Å². The Morgan fingerprint density at radius 2 is 1.76 bits per heavy atom. The zero-order chi connectivity index (χ0) is 20.4. The Morgan fingerprint density at radius 1 is 1.03 bits per heavy atom. The van der Waals surface area contributed by atoms with Gasteiger partial charge in [0.05, 0.1) is 16.7 Å². The Hall–Kier alpha value is -3.33. The summed E-state index contributed by atoms with van der Waals surface area (Å²) in [6.45, 7) is -0.255.